The summed E-state index contributed by atoms with van der Waals surface area (Å²) in [4.78, 5) is 16.1. The van der Waals surface area contributed by atoms with Crippen molar-refractivity contribution in [3.05, 3.63) is 22.7 Å². The second kappa shape index (κ2) is 7.58. The molecule has 11 heteroatoms. The molecule has 2 aliphatic heterocycles. The van der Waals surface area contributed by atoms with Crippen molar-refractivity contribution in [3.8, 4) is 0 Å². The average molecular weight is 413 g/mol. The van der Waals surface area contributed by atoms with Gasteiger partial charge >= 0.3 is 5.69 Å². The summed E-state index contributed by atoms with van der Waals surface area (Å²) in [7, 11) is 1.59. The van der Waals surface area contributed by atoms with Crippen LogP contribution >= 0.6 is 0 Å². The molecule has 0 spiro atoms. The Morgan fingerprint density at radius 3 is 2.72 bits per heavy atom. The Hall–Kier alpha value is -1.60. The van der Waals surface area contributed by atoms with E-state index in [1.165, 1.54) is 16.8 Å². The molecule has 1 aromatic rings. The Kier molecular flexibility index (Phi) is 5.40. The normalized spacial score (nSPS) is 32.7. The highest BCUT2D eigenvalue weighted by molar-refractivity contribution is 5.28. The maximum absolute atomic E-state index is 12.4. The number of nitrogens with zero attached hydrogens (tertiary/aromatic N) is 2. The zero-order valence-electron chi connectivity index (χ0n) is 16.6. The lowest BCUT2D eigenvalue weighted by Gasteiger charge is -2.26. The van der Waals surface area contributed by atoms with E-state index in [0.717, 1.165) is 12.8 Å². The molecule has 29 heavy (non-hydrogen) atoms. The van der Waals surface area contributed by atoms with Crippen molar-refractivity contribution in [1.82, 2.24) is 9.55 Å². The van der Waals surface area contributed by atoms with Gasteiger partial charge in [0.25, 0.3) is 0 Å². The Morgan fingerprint density at radius 1 is 1.38 bits per heavy atom. The van der Waals surface area contributed by atoms with Crippen LogP contribution in [0.3, 0.4) is 0 Å². The van der Waals surface area contributed by atoms with Crippen LogP contribution in [-0.4, -0.2) is 70.6 Å². The number of hydrogen-bond donors (Lipinski definition) is 3. The maximum Gasteiger partial charge on any atom is 0.351 e. The monoisotopic (exact) mass is 413 g/mol. The number of aliphatic hydroxyl groups is 1. The molecule has 1 saturated carbocycles. The van der Waals surface area contributed by atoms with Crippen molar-refractivity contribution in [1.29, 1.82) is 0 Å². The number of hydrogen-bond acceptors (Lipinski definition) is 10. The number of aromatic nitrogens is 2. The first-order chi connectivity index (χ1) is 13.8. The maximum atomic E-state index is 12.4. The second-order valence-corrected chi connectivity index (χ2v) is 8.23. The fourth-order valence-corrected chi connectivity index (χ4v) is 3.96. The van der Waals surface area contributed by atoms with Gasteiger partial charge in [0.1, 0.15) is 18.3 Å². The van der Waals surface area contributed by atoms with Crippen LogP contribution in [0.2, 0.25) is 0 Å². The minimum absolute atomic E-state index is 0.0283. The molecule has 3 fully saturated rings. The van der Waals surface area contributed by atoms with Crippen LogP contribution in [0, 0.1) is 5.41 Å². The summed E-state index contributed by atoms with van der Waals surface area (Å²) < 4.78 is 30.1. The summed E-state index contributed by atoms with van der Waals surface area (Å²) in [6.07, 6.45) is -0.225. The molecule has 0 radical (unpaired) electrons. The van der Waals surface area contributed by atoms with Gasteiger partial charge in [-0.25, -0.2) is 4.79 Å². The molecule has 3 heterocycles. The summed E-state index contributed by atoms with van der Waals surface area (Å²) in [5.41, 5.74) is 0.858. The molecule has 1 aromatic heterocycles. The molecule has 1 aliphatic carbocycles. The Labute approximate surface area is 167 Å². The highest BCUT2D eigenvalue weighted by atomic mass is 16.8. The Morgan fingerprint density at radius 2 is 2.10 bits per heavy atom. The Balaban J connectivity index is 1.50. The summed E-state index contributed by atoms with van der Waals surface area (Å²) in [5, 5.41) is 19.4. The number of fused-ring (bicyclic) bond motifs is 1. The number of methoxy groups -OCH3 is 1. The molecular formula is C18H27N3O8. The summed E-state index contributed by atoms with van der Waals surface area (Å²) >= 11 is 0. The van der Waals surface area contributed by atoms with E-state index in [-0.39, 0.29) is 17.8 Å². The summed E-state index contributed by atoms with van der Waals surface area (Å²) in [6.45, 7) is 4.06. The molecule has 11 nitrogen and oxygen atoms in total. The molecule has 0 amide bonds. The molecule has 3 N–H and O–H groups in total. The minimum atomic E-state index is -0.974. The van der Waals surface area contributed by atoms with Gasteiger partial charge < -0.3 is 28.8 Å². The molecule has 0 aromatic carbocycles. The van der Waals surface area contributed by atoms with Gasteiger partial charge in [0.2, 0.25) is 0 Å². The van der Waals surface area contributed by atoms with E-state index in [0.29, 0.717) is 6.61 Å². The van der Waals surface area contributed by atoms with Crippen LogP contribution < -0.4 is 11.2 Å². The van der Waals surface area contributed by atoms with Crippen molar-refractivity contribution in [2.75, 3.05) is 25.8 Å². The largest absolute Gasteiger partial charge is 0.384 e. The van der Waals surface area contributed by atoms with Crippen molar-refractivity contribution >= 4 is 5.82 Å². The first-order valence-corrected chi connectivity index (χ1v) is 9.58. The third-order valence-electron chi connectivity index (χ3n) is 5.61. The molecule has 5 atom stereocenters. The highest BCUT2D eigenvalue weighted by Gasteiger charge is 2.57. The van der Waals surface area contributed by atoms with E-state index in [1.807, 2.05) is 5.48 Å². The van der Waals surface area contributed by atoms with E-state index in [2.05, 4.69) is 4.98 Å². The van der Waals surface area contributed by atoms with Gasteiger partial charge in [0, 0.05) is 18.7 Å². The first kappa shape index (κ1) is 20.7. The van der Waals surface area contributed by atoms with Gasteiger partial charge in [-0.1, -0.05) is 0 Å². The number of ether oxygens (including phenoxy) is 5. The Bertz CT molecular complexity index is 796. The molecule has 3 aliphatic rings. The number of aliphatic hydroxyl groups excluding tert-OH is 1. The third kappa shape index (κ3) is 3.91. The lowest BCUT2D eigenvalue weighted by Crippen LogP contribution is -2.37. The molecule has 162 valence electrons. The van der Waals surface area contributed by atoms with Gasteiger partial charge in [-0.15, -0.1) is 0 Å². The van der Waals surface area contributed by atoms with Gasteiger partial charge in [0.15, 0.2) is 24.1 Å². The predicted octanol–water partition coefficient (Wildman–Crippen LogP) is 0.224. The van der Waals surface area contributed by atoms with E-state index in [1.54, 1.807) is 21.0 Å². The number of rotatable bonds is 8. The van der Waals surface area contributed by atoms with Gasteiger partial charge in [-0.3, -0.25) is 15.3 Å². The SMILES string of the molecule is COCC1(C(O)OC[C@H]2O[C@@H](n3ccc(NO)nc3=O)[C@@H]3OC(C)(C)O[C@@H]32)CC1. The van der Waals surface area contributed by atoms with Crippen molar-refractivity contribution in [2.24, 2.45) is 5.41 Å². The van der Waals surface area contributed by atoms with Crippen LogP contribution in [0.1, 0.15) is 32.9 Å². The van der Waals surface area contributed by atoms with E-state index in [4.69, 9.17) is 28.9 Å². The quantitative estimate of drug-likeness (QED) is 0.401. The molecule has 4 rings (SSSR count). The first-order valence-electron chi connectivity index (χ1n) is 9.58. The average Bonchev–Trinajstić information content (AvgIpc) is 3.30. The zero-order chi connectivity index (χ0) is 20.8. The fourth-order valence-electron chi connectivity index (χ4n) is 3.96. The number of anilines is 1. The lowest BCUT2D eigenvalue weighted by atomic mass is 10.1. The van der Waals surface area contributed by atoms with Crippen molar-refractivity contribution in [3.63, 3.8) is 0 Å². The van der Waals surface area contributed by atoms with E-state index in [9.17, 15) is 9.90 Å². The van der Waals surface area contributed by atoms with Gasteiger partial charge in [-0.2, -0.15) is 4.98 Å². The van der Waals surface area contributed by atoms with Crippen LogP contribution in [0.15, 0.2) is 17.1 Å². The van der Waals surface area contributed by atoms with Crippen LogP contribution in [0.25, 0.3) is 0 Å². The van der Waals surface area contributed by atoms with E-state index >= 15 is 0 Å². The smallest absolute Gasteiger partial charge is 0.351 e. The minimum Gasteiger partial charge on any atom is -0.384 e. The van der Waals surface area contributed by atoms with Crippen LogP contribution in [-0.2, 0) is 23.7 Å². The zero-order valence-corrected chi connectivity index (χ0v) is 16.6. The summed E-state index contributed by atoms with van der Waals surface area (Å²) in [5.74, 6) is -0.827. The van der Waals surface area contributed by atoms with Crippen molar-refractivity contribution in [2.45, 2.75) is 63.3 Å². The topological polar surface area (TPSA) is 134 Å². The standard InChI is InChI=1S/C18H27N3O8/c1-17(2)28-12-10(8-26-15(22)18(5-6-18)9-25-3)27-14(13(12)29-17)21-7-4-11(20-24)19-16(21)23/h4,7,10,12-15,22,24H,5-6,8-9H2,1-3H3,(H,19,20,23)/t10-,12-,13-,14-,15?/m1/s1. The lowest BCUT2D eigenvalue weighted by molar-refractivity contribution is -0.219. The van der Waals surface area contributed by atoms with Crippen LogP contribution in [0.4, 0.5) is 5.82 Å². The van der Waals surface area contributed by atoms with E-state index < -0.39 is 42.3 Å². The highest BCUT2D eigenvalue weighted by Crippen LogP contribution is 2.49. The molecule has 0 bridgehead atoms. The van der Waals surface area contributed by atoms with Crippen LogP contribution in [0.5, 0.6) is 0 Å². The second-order valence-electron chi connectivity index (χ2n) is 8.23. The third-order valence-corrected chi connectivity index (χ3v) is 5.61. The number of nitrogens with one attached hydrogen (secondary N) is 1. The van der Waals surface area contributed by atoms with Crippen molar-refractivity contribution < 1.29 is 34.0 Å². The fraction of sp³-hybridized carbons (Fsp3) is 0.778. The van der Waals surface area contributed by atoms with Gasteiger partial charge in [-0.05, 0) is 32.8 Å². The molecule has 1 unspecified atom stereocenters. The van der Waals surface area contributed by atoms with Gasteiger partial charge in [0.05, 0.1) is 13.2 Å². The molecule has 2 saturated heterocycles. The molecular weight excluding hydrogens is 386 g/mol. The predicted molar refractivity (Wildman–Crippen MR) is 97.1 cm³/mol. The summed E-state index contributed by atoms with van der Waals surface area (Å²) in [6, 6.07) is 1.44.